The Labute approximate surface area is 105 Å². The normalized spacial score (nSPS) is 10.2. The average molecular weight is 246 g/mol. The Hall–Kier alpha value is -1.68. The van der Waals surface area contributed by atoms with Crippen LogP contribution in [0.15, 0.2) is 35.7 Å². The Morgan fingerprint density at radius 1 is 1.29 bits per heavy atom. The molecular formula is C13H14N2OS. The smallest absolute Gasteiger partial charge is 0.184 e. The molecule has 0 saturated carbocycles. The van der Waals surface area contributed by atoms with Gasteiger partial charge in [-0.1, -0.05) is 30.3 Å². The highest BCUT2D eigenvalue weighted by Crippen LogP contribution is 2.19. The van der Waals surface area contributed by atoms with Gasteiger partial charge in [0.1, 0.15) is 0 Å². The minimum Gasteiger partial charge on any atom is -0.354 e. The van der Waals surface area contributed by atoms with Crippen LogP contribution in [0.5, 0.6) is 0 Å². The van der Waals surface area contributed by atoms with E-state index < -0.39 is 0 Å². The van der Waals surface area contributed by atoms with Crippen LogP contribution in [-0.2, 0) is 6.42 Å². The number of carbonyl (C=O) groups is 1. The van der Waals surface area contributed by atoms with Crippen molar-refractivity contribution in [1.29, 1.82) is 0 Å². The highest BCUT2D eigenvalue weighted by Gasteiger charge is 2.10. The van der Waals surface area contributed by atoms with Crippen LogP contribution in [0.3, 0.4) is 0 Å². The molecule has 2 aromatic rings. The molecule has 0 atom stereocenters. The van der Waals surface area contributed by atoms with E-state index in [0.29, 0.717) is 6.42 Å². The Morgan fingerprint density at radius 3 is 2.59 bits per heavy atom. The van der Waals surface area contributed by atoms with Gasteiger partial charge in [-0.3, -0.25) is 4.79 Å². The summed E-state index contributed by atoms with van der Waals surface area (Å²) in [6, 6.07) is 9.33. The summed E-state index contributed by atoms with van der Waals surface area (Å²) < 4.78 is 0. The van der Waals surface area contributed by atoms with E-state index in [1.54, 1.807) is 11.3 Å². The summed E-state index contributed by atoms with van der Waals surface area (Å²) in [5, 5.41) is 2.87. The summed E-state index contributed by atoms with van der Waals surface area (Å²) in [7, 11) is 3.89. The van der Waals surface area contributed by atoms with E-state index in [0.717, 1.165) is 16.4 Å². The molecule has 0 fully saturated rings. The van der Waals surface area contributed by atoms with Gasteiger partial charge in [-0.05, 0) is 0 Å². The van der Waals surface area contributed by atoms with Crippen molar-refractivity contribution in [3.63, 3.8) is 0 Å². The molecule has 3 nitrogen and oxygen atoms in total. The molecule has 4 heteroatoms. The first-order valence-corrected chi connectivity index (χ1v) is 6.25. The zero-order valence-electron chi connectivity index (χ0n) is 9.88. The predicted octanol–water partition coefficient (Wildman–Crippen LogP) is 2.63. The van der Waals surface area contributed by atoms with Crippen molar-refractivity contribution in [3.8, 4) is 0 Å². The Balaban J connectivity index is 2.08. The fourth-order valence-corrected chi connectivity index (χ4v) is 2.23. The van der Waals surface area contributed by atoms with Crippen molar-refractivity contribution in [2.45, 2.75) is 6.42 Å². The number of benzene rings is 1. The number of rotatable bonds is 4. The lowest BCUT2D eigenvalue weighted by atomic mass is 10.1. The maximum Gasteiger partial charge on any atom is 0.184 e. The first kappa shape index (κ1) is 11.8. The molecule has 17 heavy (non-hydrogen) atoms. The van der Waals surface area contributed by atoms with Gasteiger partial charge in [0.15, 0.2) is 10.9 Å². The van der Waals surface area contributed by atoms with Crippen molar-refractivity contribution in [3.05, 3.63) is 47.0 Å². The monoisotopic (exact) mass is 246 g/mol. The first-order valence-electron chi connectivity index (χ1n) is 5.37. The van der Waals surface area contributed by atoms with Crippen molar-refractivity contribution in [2.24, 2.45) is 0 Å². The number of thiazole rings is 1. The van der Waals surface area contributed by atoms with Crippen LogP contribution in [0.4, 0.5) is 5.13 Å². The summed E-state index contributed by atoms with van der Waals surface area (Å²) in [6.45, 7) is 0. The molecule has 88 valence electrons. The fraction of sp³-hybridized carbons (Fsp3) is 0.231. The number of Topliss-reactive ketones (excluding diaryl/α,β-unsaturated/α-hetero) is 1. The molecular weight excluding hydrogens is 232 g/mol. The molecule has 0 aliphatic heterocycles. The van der Waals surface area contributed by atoms with E-state index in [4.69, 9.17) is 0 Å². The predicted molar refractivity (Wildman–Crippen MR) is 70.9 cm³/mol. The lowest BCUT2D eigenvalue weighted by Gasteiger charge is -2.05. The van der Waals surface area contributed by atoms with Crippen LogP contribution in [0.25, 0.3) is 0 Å². The van der Waals surface area contributed by atoms with E-state index in [1.807, 2.05) is 54.7 Å². The highest BCUT2D eigenvalue weighted by atomic mass is 32.1. The quantitative estimate of drug-likeness (QED) is 0.778. The molecule has 0 radical (unpaired) electrons. The molecule has 1 aromatic heterocycles. The molecule has 1 heterocycles. The number of aromatic nitrogens is 1. The molecule has 0 N–H and O–H groups in total. The summed E-state index contributed by atoms with van der Waals surface area (Å²) in [5.74, 6) is 0.112. The maximum absolute atomic E-state index is 11.9. The zero-order chi connectivity index (χ0) is 12.3. The van der Waals surface area contributed by atoms with Crippen LogP contribution in [0.2, 0.25) is 0 Å². The SMILES string of the molecule is CN(C)c1nc(CC(=O)c2ccccc2)cs1. The van der Waals surface area contributed by atoms with Crippen LogP contribution in [0, 0.1) is 0 Å². The van der Waals surface area contributed by atoms with Crippen molar-refractivity contribution >= 4 is 22.3 Å². The van der Waals surface area contributed by atoms with Crippen LogP contribution < -0.4 is 4.90 Å². The number of nitrogens with zero attached hydrogens (tertiary/aromatic N) is 2. The third kappa shape index (κ3) is 2.91. The molecule has 0 unspecified atom stereocenters. The molecule has 0 spiro atoms. The van der Waals surface area contributed by atoms with Crippen LogP contribution in [-0.4, -0.2) is 24.9 Å². The Morgan fingerprint density at radius 2 is 2.00 bits per heavy atom. The van der Waals surface area contributed by atoms with Gasteiger partial charge in [0.25, 0.3) is 0 Å². The second kappa shape index (κ2) is 5.10. The van der Waals surface area contributed by atoms with Gasteiger partial charge in [0.2, 0.25) is 0 Å². The molecule has 0 aliphatic rings. The van der Waals surface area contributed by atoms with E-state index in [9.17, 15) is 4.79 Å². The Bertz CT molecular complexity index is 505. The van der Waals surface area contributed by atoms with E-state index in [2.05, 4.69) is 4.98 Å². The van der Waals surface area contributed by atoms with Gasteiger partial charge in [-0.25, -0.2) is 4.98 Å². The van der Waals surface area contributed by atoms with Crippen molar-refractivity contribution in [1.82, 2.24) is 4.98 Å². The molecule has 0 saturated heterocycles. The molecule has 0 amide bonds. The number of ketones is 1. The lowest BCUT2D eigenvalue weighted by Crippen LogP contribution is -2.09. The van der Waals surface area contributed by atoms with Crippen molar-refractivity contribution in [2.75, 3.05) is 19.0 Å². The summed E-state index contributed by atoms with van der Waals surface area (Å²) in [4.78, 5) is 18.3. The largest absolute Gasteiger partial charge is 0.354 e. The first-order chi connectivity index (χ1) is 8.16. The zero-order valence-corrected chi connectivity index (χ0v) is 10.7. The van der Waals surface area contributed by atoms with E-state index >= 15 is 0 Å². The number of anilines is 1. The maximum atomic E-state index is 11.9. The fourth-order valence-electron chi connectivity index (χ4n) is 1.47. The highest BCUT2D eigenvalue weighted by molar-refractivity contribution is 7.13. The second-order valence-corrected chi connectivity index (χ2v) is 4.82. The van der Waals surface area contributed by atoms with E-state index in [-0.39, 0.29) is 5.78 Å². The number of carbonyl (C=O) groups excluding carboxylic acids is 1. The number of hydrogen-bond donors (Lipinski definition) is 0. The summed E-state index contributed by atoms with van der Waals surface area (Å²) in [5.41, 5.74) is 1.58. The standard InChI is InChI=1S/C13H14N2OS/c1-15(2)13-14-11(9-17-13)8-12(16)10-6-4-3-5-7-10/h3-7,9H,8H2,1-2H3. The third-order valence-corrected chi connectivity index (χ3v) is 3.42. The minimum absolute atomic E-state index is 0.112. The topological polar surface area (TPSA) is 33.2 Å². The van der Waals surface area contributed by atoms with Crippen LogP contribution >= 0.6 is 11.3 Å². The molecule has 1 aromatic carbocycles. The average Bonchev–Trinajstić information content (AvgIpc) is 2.79. The van der Waals surface area contributed by atoms with Gasteiger partial charge in [0.05, 0.1) is 12.1 Å². The van der Waals surface area contributed by atoms with Crippen molar-refractivity contribution < 1.29 is 4.79 Å². The number of hydrogen-bond acceptors (Lipinski definition) is 4. The lowest BCUT2D eigenvalue weighted by molar-refractivity contribution is 0.0992. The third-order valence-electron chi connectivity index (χ3n) is 2.36. The van der Waals surface area contributed by atoms with Gasteiger partial charge in [-0.15, -0.1) is 11.3 Å². The molecule has 0 aliphatic carbocycles. The van der Waals surface area contributed by atoms with Gasteiger partial charge in [0, 0.05) is 25.0 Å². The summed E-state index contributed by atoms with van der Waals surface area (Å²) in [6.07, 6.45) is 0.369. The van der Waals surface area contributed by atoms with E-state index in [1.165, 1.54) is 0 Å². The molecule has 2 rings (SSSR count). The summed E-state index contributed by atoms with van der Waals surface area (Å²) >= 11 is 1.56. The van der Waals surface area contributed by atoms with Gasteiger partial charge in [-0.2, -0.15) is 0 Å². The van der Waals surface area contributed by atoms with Gasteiger partial charge >= 0.3 is 0 Å². The minimum atomic E-state index is 0.112. The second-order valence-electron chi connectivity index (χ2n) is 3.98. The van der Waals surface area contributed by atoms with Gasteiger partial charge < -0.3 is 4.90 Å². The Kier molecular flexibility index (Phi) is 3.54. The van der Waals surface area contributed by atoms with Crippen LogP contribution in [0.1, 0.15) is 16.1 Å². The molecule has 0 bridgehead atoms.